The molecule has 0 amide bonds. The Bertz CT molecular complexity index is 462. The van der Waals surface area contributed by atoms with Crippen LogP contribution >= 0.6 is 0 Å². The van der Waals surface area contributed by atoms with Gasteiger partial charge in [0.1, 0.15) is 0 Å². The van der Waals surface area contributed by atoms with Gasteiger partial charge in [-0.3, -0.25) is 15.0 Å². The lowest BCUT2D eigenvalue weighted by Crippen LogP contribution is -2.47. The summed E-state index contributed by atoms with van der Waals surface area (Å²) < 4.78 is 0. The molecule has 4 heteroatoms. The molecule has 0 aromatic heterocycles. The molecule has 4 nitrogen and oxygen atoms in total. The van der Waals surface area contributed by atoms with Gasteiger partial charge in [0.15, 0.2) is 0 Å². The van der Waals surface area contributed by atoms with Crippen LogP contribution in [0, 0.1) is 16.0 Å². The number of nitro groups is 1. The van der Waals surface area contributed by atoms with Gasteiger partial charge in [-0.2, -0.15) is 0 Å². The lowest BCUT2D eigenvalue weighted by molar-refractivity contribution is -0.578. The molecule has 0 spiro atoms. The van der Waals surface area contributed by atoms with Crippen molar-refractivity contribution in [3.05, 3.63) is 46.0 Å². The third-order valence-electron chi connectivity index (χ3n) is 4.76. The first-order chi connectivity index (χ1) is 9.21. The third kappa shape index (κ3) is 2.25. The van der Waals surface area contributed by atoms with Gasteiger partial charge in [0.05, 0.1) is 6.54 Å². The van der Waals surface area contributed by atoms with Gasteiger partial charge in [-0.05, 0) is 18.4 Å². The summed E-state index contributed by atoms with van der Waals surface area (Å²) in [5.41, 5.74) is 0.590. The molecule has 3 rings (SSSR count). The van der Waals surface area contributed by atoms with Crippen LogP contribution in [0.15, 0.2) is 30.3 Å². The smallest absolute Gasteiger partial charge is 0.238 e. The summed E-state index contributed by atoms with van der Waals surface area (Å²) in [6.45, 7) is 2.35. The van der Waals surface area contributed by atoms with Crippen LogP contribution in [0.4, 0.5) is 0 Å². The van der Waals surface area contributed by atoms with Crippen LogP contribution < -0.4 is 0 Å². The van der Waals surface area contributed by atoms with E-state index in [1.807, 2.05) is 18.2 Å². The fraction of sp³-hybridized carbons (Fsp3) is 0.600. The largest absolute Gasteiger partial charge is 0.292 e. The lowest BCUT2D eigenvalue weighted by atomic mass is 9.75. The minimum atomic E-state index is -0.660. The maximum absolute atomic E-state index is 11.5. The lowest BCUT2D eigenvalue weighted by Gasteiger charge is -2.30. The zero-order valence-corrected chi connectivity index (χ0v) is 11.1. The SMILES string of the molecule is O=[N+]([O-])C12CCCCC1CN(Cc1ccccc1)C2. The van der Waals surface area contributed by atoms with Gasteiger partial charge < -0.3 is 0 Å². The van der Waals surface area contributed by atoms with Crippen LogP contribution in [0.2, 0.25) is 0 Å². The molecule has 2 atom stereocenters. The Morgan fingerprint density at radius 3 is 2.79 bits per heavy atom. The highest BCUT2D eigenvalue weighted by atomic mass is 16.6. The Balaban J connectivity index is 1.75. The molecule has 0 bridgehead atoms. The first-order valence-electron chi connectivity index (χ1n) is 7.11. The van der Waals surface area contributed by atoms with Crippen molar-refractivity contribution in [3.8, 4) is 0 Å². The van der Waals surface area contributed by atoms with Crippen LogP contribution in [0.25, 0.3) is 0 Å². The van der Waals surface area contributed by atoms with Gasteiger partial charge in [0.25, 0.3) is 0 Å². The molecule has 2 fully saturated rings. The van der Waals surface area contributed by atoms with Gasteiger partial charge >= 0.3 is 0 Å². The van der Waals surface area contributed by atoms with Crippen molar-refractivity contribution in [1.29, 1.82) is 0 Å². The second-order valence-electron chi connectivity index (χ2n) is 5.96. The number of rotatable bonds is 3. The monoisotopic (exact) mass is 260 g/mol. The fourth-order valence-electron chi connectivity index (χ4n) is 3.79. The number of hydrogen-bond acceptors (Lipinski definition) is 3. The van der Waals surface area contributed by atoms with E-state index in [-0.39, 0.29) is 10.8 Å². The second kappa shape index (κ2) is 4.93. The molecule has 1 aromatic carbocycles. The molecule has 2 aliphatic rings. The van der Waals surface area contributed by atoms with E-state index in [0.29, 0.717) is 6.54 Å². The molecule has 1 saturated carbocycles. The van der Waals surface area contributed by atoms with E-state index in [2.05, 4.69) is 17.0 Å². The molecule has 19 heavy (non-hydrogen) atoms. The first kappa shape index (κ1) is 12.6. The van der Waals surface area contributed by atoms with Crippen LogP contribution in [-0.2, 0) is 6.54 Å². The van der Waals surface area contributed by atoms with Crippen molar-refractivity contribution in [2.24, 2.45) is 5.92 Å². The Kier molecular flexibility index (Phi) is 3.27. The molecule has 1 aliphatic carbocycles. The average Bonchev–Trinajstić information content (AvgIpc) is 2.79. The van der Waals surface area contributed by atoms with Crippen LogP contribution in [0.3, 0.4) is 0 Å². The minimum Gasteiger partial charge on any atom is -0.292 e. The highest BCUT2D eigenvalue weighted by Gasteiger charge is 2.57. The normalized spacial score (nSPS) is 31.1. The maximum atomic E-state index is 11.5. The number of hydrogen-bond donors (Lipinski definition) is 0. The molecule has 1 aliphatic heterocycles. The van der Waals surface area contributed by atoms with E-state index in [1.165, 1.54) is 5.56 Å². The first-order valence-corrected chi connectivity index (χ1v) is 7.11. The van der Waals surface area contributed by atoms with Gasteiger partial charge in [0, 0.05) is 30.4 Å². The maximum Gasteiger partial charge on any atom is 0.238 e. The van der Waals surface area contributed by atoms with Crippen molar-refractivity contribution in [2.45, 2.75) is 37.8 Å². The fourth-order valence-corrected chi connectivity index (χ4v) is 3.79. The van der Waals surface area contributed by atoms with Crippen molar-refractivity contribution < 1.29 is 4.92 Å². The van der Waals surface area contributed by atoms with Crippen molar-refractivity contribution in [3.63, 3.8) is 0 Å². The number of fused-ring (bicyclic) bond motifs is 1. The van der Waals surface area contributed by atoms with E-state index in [9.17, 15) is 10.1 Å². The second-order valence-corrected chi connectivity index (χ2v) is 5.96. The summed E-state index contributed by atoms with van der Waals surface area (Å²) in [6, 6.07) is 10.3. The molecule has 102 valence electrons. The van der Waals surface area contributed by atoms with E-state index >= 15 is 0 Å². The summed E-state index contributed by atoms with van der Waals surface area (Å²) in [5.74, 6) is 0.250. The molecule has 1 saturated heterocycles. The van der Waals surface area contributed by atoms with Gasteiger partial charge in [-0.15, -0.1) is 0 Å². The quantitative estimate of drug-likeness (QED) is 0.620. The molecular weight excluding hydrogens is 240 g/mol. The number of benzene rings is 1. The van der Waals surface area contributed by atoms with Crippen molar-refractivity contribution in [2.75, 3.05) is 13.1 Å². The minimum absolute atomic E-state index is 0.0157. The van der Waals surface area contributed by atoms with Crippen LogP contribution in [0.1, 0.15) is 31.2 Å². The predicted octanol–water partition coefficient (Wildman–Crippen LogP) is 2.71. The number of likely N-dealkylation sites (tertiary alicyclic amines) is 1. The Morgan fingerprint density at radius 1 is 1.32 bits per heavy atom. The topological polar surface area (TPSA) is 46.4 Å². The van der Waals surface area contributed by atoms with Crippen LogP contribution in [0.5, 0.6) is 0 Å². The predicted molar refractivity (Wildman–Crippen MR) is 73.4 cm³/mol. The molecule has 2 unspecified atom stereocenters. The summed E-state index contributed by atoms with van der Waals surface area (Å²) in [6.07, 6.45) is 3.94. The van der Waals surface area contributed by atoms with Gasteiger partial charge in [-0.25, -0.2) is 0 Å². The summed E-state index contributed by atoms with van der Waals surface area (Å²) in [7, 11) is 0. The molecule has 1 aromatic rings. The summed E-state index contributed by atoms with van der Waals surface area (Å²) >= 11 is 0. The van der Waals surface area contributed by atoms with E-state index in [4.69, 9.17) is 0 Å². The Hall–Kier alpha value is -1.42. The van der Waals surface area contributed by atoms with Crippen molar-refractivity contribution in [1.82, 2.24) is 4.90 Å². The number of nitrogens with zero attached hydrogens (tertiary/aromatic N) is 2. The summed E-state index contributed by atoms with van der Waals surface area (Å²) in [5, 5.41) is 11.5. The molecule has 0 N–H and O–H groups in total. The van der Waals surface area contributed by atoms with Crippen molar-refractivity contribution >= 4 is 0 Å². The van der Waals surface area contributed by atoms with Gasteiger partial charge in [-0.1, -0.05) is 36.8 Å². The van der Waals surface area contributed by atoms with Crippen LogP contribution in [-0.4, -0.2) is 28.5 Å². The zero-order valence-electron chi connectivity index (χ0n) is 11.1. The zero-order chi connectivity index (χ0) is 13.3. The standard InChI is InChI=1S/C15H20N2O2/c18-17(19)15-9-5-4-8-14(15)11-16(12-15)10-13-6-2-1-3-7-13/h1-3,6-7,14H,4-5,8-12H2. The van der Waals surface area contributed by atoms with E-state index < -0.39 is 5.54 Å². The Labute approximate surface area is 113 Å². The van der Waals surface area contributed by atoms with Gasteiger partial charge in [0.2, 0.25) is 5.54 Å². The van der Waals surface area contributed by atoms with E-state index in [1.54, 1.807) is 0 Å². The van der Waals surface area contributed by atoms with E-state index in [0.717, 1.165) is 38.8 Å². The average molecular weight is 260 g/mol. The highest BCUT2D eigenvalue weighted by Crippen LogP contribution is 2.42. The molecule has 1 heterocycles. The third-order valence-corrected chi connectivity index (χ3v) is 4.76. The summed E-state index contributed by atoms with van der Waals surface area (Å²) in [4.78, 5) is 13.8. The highest BCUT2D eigenvalue weighted by molar-refractivity contribution is 5.15. The Morgan fingerprint density at radius 2 is 2.11 bits per heavy atom. The molecule has 0 radical (unpaired) electrons. The molecular formula is C15H20N2O2.